The molecule has 0 aromatic heterocycles. The van der Waals surface area contributed by atoms with E-state index in [2.05, 4.69) is 10.6 Å². The van der Waals surface area contributed by atoms with Crippen LogP contribution in [0.25, 0.3) is 0 Å². The van der Waals surface area contributed by atoms with Gasteiger partial charge in [-0.05, 0) is 44.4 Å². The average molecular weight is 611 g/mol. The molecule has 3 rings (SSSR count). The summed E-state index contributed by atoms with van der Waals surface area (Å²) in [6.07, 6.45) is 1.69. The molecule has 3 saturated heterocycles. The van der Waals surface area contributed by atoms with E-state index in [0.29, 0.717) is 32.1 Å². The van der Waals surface area contributed by atoms with E-state index < -0.39 is 90.8 Å². The first-order chi connectivity index (χ1) is 20.3. The minimum Gasteiger partial charge on any atom is -0.481 e. The second-order valence-corrected chi connectivity index (χ2v) is 11.6. The van der Waals surface area contributed by atoms with Gasteiger partial charge in [-0.3, -0.25) is 28.8 Å². The lowest BCUT2D eigenvalue weighted by molar-refractivity contribution is -0.154. The number of amides is 5. The van der Waals surface area contributed by atoms with Crippen LogP contribution in [0.2, 0.25) is 0 Å². The van der Waals surface area contributed by atoms with Crippen LogP contribution < -0.4 is 16.4 Å². The SMILES string of the molecule is CC(C)[C@H](N)C(=O)N[C@@H](CC(=O)O)C(=O)N[C@@H](CO)C(=O)N1CCC[C@H]1C(=O)N1CCC[C@H]1C(=O)N1CCC[C@H]1C(=O)O. The van der Waals surface area contributed by atoms with E-state index >= 15 is 0 Å². The number of likely N-dealkylation sites (tertiary alicyclic amines) is 3. The topological polar surface area (TPSA) is 240 Å². The molecule has 16 heteroatoms. The Balaban J connectivity index is 1.71. The molecule has 240 valence electrons. The van der Waals surface area contributed by atoms with Crippen molar-refractivity contribution < 1.29 is 48.9 Å². The van der Waals surface area contributed by atoms with Gasteiger partial charge in [-0.1, -0.05) is 13.8 Å². The zero-order valence-electron chi connectivity index (χ0n) is 24.4. The van der Waals surface area contributed by atoms with Crippen LogP contribution in [0.1, 0.15) is 58.8 Å². The number of carbonyl (C=O) groups excluding carboxylic acids is 5. The largest absolute Gasteiger partial charge is 0.481 e. The number of rotatable bonds is 12. The Hall–Kier alpha value is -3.79. The first kappa shape index (κ1) is 33.7. The van der Waals surface area contributed by atoms with Crippen LogP contribution in [-0.4, -0.2) is 134 Å². The number of nitrogens with zero attached hydrogens (tertiary/aromatic N) is 3. The fourth-order valence-corrected chi connectivity index (χ4v) is 5.86. The molecule has 3 fully saturated rings. The fraction of sp³-hybridized carbons (Fsp3) is 0.741. The first-order valence-electron chi connectivity index (χ1n) is 14.6. The number of nitrogens with one attached hydrogen (secondary N) is 2. The second kappa shape index (κ2) is 14.6. The molecule has 3 aliphatic rings. The number of carboxylic acid groups (broad SMARTS) is 2. The van der Waals surface area contributed by atoms with Gasteiger partial charge in [0, 0.05) is 19.6 Å². The molecule has 16 nitrogen and oxygen atoms in total. The highest BCUT2D eigenvalue weighted by atomic mass is 16.4. The third kappa shape index (κ3) is 7.79. The van der Waals surface area contributed by atoms with Crippen molar-refractivity contribution in [2.24, 2.45) is 11.7 Å². The van der Waals surface area contributed by atoms with Gasteiger partial charge >= 0.3 is 11.9 Å². The van der Waals surface area contributed by atoms with Gasteiger partial charge in [0.2, 0.25) is 29.5 Å². The smallest absolute Gasteiger partial charge is 0.326 e. The molecule has 0 aromatic carbocycles. The molecule has 0 bridgehead atoms. The molecule has 7 N–H and O–H groups in total. The van der Waals surface area contributed by atoms with Crippen molar-refractivity contribution in [1.29, 1.82) is 0 Å². The lowest BCUT2D eigenvalue weighted by Gasteiger charge is -2.34. The lowest BCUT2D eigenvalue weighted by atomic mass is 10.0. The maximum atomic E-state index is 13.7. The van der Waals surface area contributed by atoms with E-state index in [-0.39, 0.29) is 32.0 Å². The van der Waals surface area contributed by atoms with Gasteiger partial charge in [0.1, 0.15) is 30.2 Å². The summed E-state index contributed by atoms with van der Waals surface area (Å²) in [6.45, 7) is 3.16. The Labute approximate surface area is 248 Å². The molecule has 43 heavy (non-hydrogen) atoms. The van der Waals surface area contributed by atoms with E-state index in [0.717, 1.165) is 0 Å². The van der Waals surface area contributed by atoms with Gasteiger partial charge in [0.25, 0.3) is 0 Å². The molecule has 0 aromatic rings. The maximum absolute atomic E-state index is 13.7. The minimum absolute atomic E-state index is 0.139. The van der Waals surface area contributed by atoms with Crippen molar-refractivity contribution in [3.8, 4) is 0 Å². The van der Waals surface area contributed by atoms with Crippen LogP contribution in [0.15, 0.2) is 0 Å². The van der Waals surface area contributed by atoms with E-state index in [4.69, 9.17) is 5.73 Å². The monoisotopic (exact) mass is 610 g/mol. The summed E-state index contributed by atoms with van der Waals surface area (Å²) in [5, 5.41) is 33.3. The summed E-state index contributed by atoms with van der Waals surface area (Å²) in [5.41, 5.74) is 5.80. The van der Waals surface area contributed by atoms with E-state index in [1.165, 1.54) is 14.7 Å². The fourth-order valence-electron chi connectivity index (χ4n) is 5.86. The molecule has 0 radical (unpaired) electrons. The normalized spacial score (nSPS) is 24.0. The molecule has 3 heterocycles. The number of aliphatic hydroxyl groups is 1. The number of carbonyl (C=O) groups is 7. The molecule has 0 unspecified atom stereocenters. The average Bonchev–Trinajstić information content (AvgIpc) is 3.74. The minimum atomic E-state index is -1.58. The van der Waals surface area contributed by atoms with Crippen LogP contribution >= 0.6 is 0 Å². The summed E-state index contributed by atoms with van der Waals surface area (Å²) in [6, 6.07) is -6.90. The number of aliphatic hydroxyl groups excluding tert-OH is 1. The summed E-state index contributed by atoms with van der Waals surface area (Å²) in [4.78, 5) is 92.7. The predicted molar refractivity (Wildman–Crippen MR) is 148 cm³/mol. The summed E-state index contributed by atoms with van der Waals surface area (Å²) < 4.78 is 0. The summed E-state index contributed by atoms with van der Waals surface area (Å²) >= 11 is 0. The highest BCUT2D eigenvalue weighted by molar-refractivity contribution is 5.97. The Morgan fingerprint density at radius 2 is 1.21 bits per heavy atom. The Morgan fingerprint density at radius 1 is 0.744 bits per heavy atom. The van der Waals surface area contributed by atoms with Crippen LogP contribution in [0.4, 0.5) is 0 Å². The number of hydrogen-bond acceptors (Lipinski definition) is 9. The number of nitrogens with two attached hydrogens (primary N) is 1. The van der Waals surface area contributed by atoms with Gasteiger partial charge in [-0.25, -0.2) is 4.79 Å². The molecule has 6 atom stereocenters. The number of aliphatic carboxylic acids is 2. The molecule has 0 spiro atoms. The number of hydrogen-bond donors (Lipinski definition) is 6. The van der Waals surface area contributed by atoms with E-state index in [1.54, 1.807) is 13.8 Å². The highest BCUT2D eigenvalue weighted by Gasteiger charge is 2.46. The van der Waals surface area contributed by atoms with Crippen molar-refractivity contribution >= 4 is 41.5 Å². The Kier molecular flexibility index (Phi) is 11.4. The summed E-state index contributed by atoms with van der Waals surface area (Å²) in [5.74, 6) is -6.27. The quantitative estimate of drug-likeness (QED) is 0.135. The van der Waals surface area contributed by atoms with Gasteiger partial charge < -0.3 is 46.4 Å². The van der Waals surface area contributed by atoms with Gasteiger partial charge in [0.05, 0.1) is 19.1 Å². The third-order valence-electron chi connectivity index (χ3n) is 8.29. The van der Waals surface area contributed by atoms with Crippen LogP contribution in [-0.2, 0) is 33.6 Å². The van der Waals surface area contributed by atoms with Gasteiger partial charge in [0.15, 0.2) is 0 Å². The standard InChI is InChI=1S/C27H42N6O10/c1-14(2)21(28)23(38)29-15(12-20(35)36)22(37)30-16(13-34)24(39)31-9-3-6-17(31)25(40)32-10-4-7-18(32)26(41)33-11-5-8-19(33)27(42)43/h14-19,21,34H,3-13,28H2,1-2H3,(H,29,38)(H,30,37)(H,35,36)(H,42,43)/t15-,16-,17-,18-,19-,21-/m0/s1. The maximum Gasteiger partial charge on any atom is 0.326 e. The van der Waals surface area contributed by atoms with Crippen molar-refractivity contribution in [2.75, 3.05) is 26.2 Å². The van der Waals surface area contributed by atoms with Crippen LogP contribution in [0, 0.1) is 5.92 Å². The molecule has 5 amide bonds. The lowest BCUT2D eigenvalue weighted by Crippen LogP contribution is -2.60. The molecular weight excluding hydrogens is 568 g/mol. The molecule has 0 aliphatic carbocycles. The third-order valence-corrected chi connectivity index (χ3v) is 8.29. The highest BCUT2D eigenvalue weighted by Crippen LogP contribution is 2.28. The van der Waals surface area contributed by atoms with Crippen LogP contribution in [0.5, 0.6) is 0 Å². The second-order valence-electron chi connectivity index (χ2n) is 11.6. The van der Waals surface area contributed by atoms with Gasteiger partial charge in [-0.2, -0.15) is 0 Å². The molecule has 3 aliphatic heterocycles. The van der Waals surface area contributed by atoms with Crippen molar-refractivity contribution in [1.82, 2.24) is 25.3 Å². The van der Waals surface area contributed by atoms with Crippen molar-refractivity contribution in [3.05, 3.63) is 0 Å². The summed E-state index contributed by atoms with van der Waals surface area (Å²) in [7, 11) is 0. The number of carboxylic acids is 2. The van der Waals surface area contributed by atoms with Crippen molar-refractivity contribution in [2.45, 2.75) is 95.0 Å². The Morgan fingerprint density at radius 3 is 1.70 bits per heavy atom. The van der Waals surface area contributed by atoms with Gasteiger partial charge in [-0.15, -0.1) is 0 Å². The molecular formula is C27H42N6O10. The first-order valence-corrected chi connectivity index (χ1v) is 14.6. The molecule has 0 saturated carbocycles. The van der Waals surface area contributed by atoms with E-state index in [1.807, 2.05) is 0 Å². The van der Waals surface area contributed by atoms with Crippen molar-refractivity contribution in [3.63, 3.8) is 0 Å². The zero-order valence-corrected chi connectivity index (χ0v) is 24.4. The van der Waals surface area contributed by atoms with Crippen LogP contribution in [0.3, 0.4) is 0 Å². The predicted octanol–water partition coefficient (Wildman–Crippen LogP) is -2.54. The van der Waals surface area contributed by atoms with E-state index in [9.17, 15) is 48.9 Å². The Bertz CT molecular complexity index is 1120. The zero-order chi connectivity index (χ0) is 32.0.